The molecule has 2 nitrogen and oxygen atoms in total. The SMILES string of the molecule is CCC(CO)CNCC1CCCC1. The summed E-state index contributed by atoms with van der Waals surface area (Å²) in [7, 11) is 0. The van der Waals surface area contributed by atoms with Gasteiger partial charge in [0.25, 0.3) is 0 Å². The number of aliphatic hydroxyl groups excluding tert-OH is 1. The van der Waals surface area contributed by atoms with Gasteiger partial charge in [0.15, 0.2) is 0 Å². The van der Waals surface area contributed by atoms with Gasteiger partial charge in [-0.1, -0.05) is 19.8 Å². The van der Waals surface area contributed by atoms with Crippen molar-refractivity contribution in [3.8, 4) is 0 Å². The lowest BCUT2D eigenvalue weighted by Gasteiger charge is -2.15. The van der Waals surface area contributed by atoms with E-state index in [1.54, 1.807) is 0 Å². The van der Waals surface area contributed by atoms with Gasteiger partial charge in [0.2, 0.25) is 0 Å². The largest absolute Gasteiger partial charge is 0.396 e. The highest BCUT2D eigenvalue weighted by Gasteiger charge is 2.14. The van der Waals surface area contributed by atoms with Crippen molar-refractivity contribution in [1.29, 1.82) is 0 Å². The van der Waals surface area contributed by atoms with Crippen molar-refractivity contribution in [3.63, 3.8) is 0 Å². The van der Waals surface area contributed by atoms with Crippen LogP contribution in [0.25, 0.3) is 0 Å². The molecule has 1 aliphatic rings. The lowest BCUT2D eigenvalue weighted by atomic mass is 10.1. The van der Waals surface area contributed by atoms with Crippen molar-refractivity contribution in [3.05, 3.63) is 0 Å². The molecule has 0 radical (unpaired) electrons. The molecule has 78 valence electrons. The number of hydrogen-bond acceptors (Lipinski definition) is 2. The summed E-state index contributed by atoms with van der Waals surface area (Å²) in [4.78, 5) is 0. The zero-order chi connectivity index (χ0) is 9.52. The molecular weight excluding hydrogens is 162 g/mol. The Balaban J connectivity index is 1.98. The monoisotopic (exact) mass is 185 g/mol. The van der Waals surface area contributed by atoms with Crippen LogP contribution in [0.2, 0.25) is 0 Å². The standard InChI is InChI=1S/C11H23NO/c1-2-10(9-13)7-12-8-11-5-3-4-6-11/h10-13H,2-9H2,1H3. The lowest BCUT2D eigenvalue weighted by Crippen LogP contribution is -2.28. The summed E-state index contributed by atoms with van der Waals surface area (Å²) in [5.74, 6) is 1.37. The van der Waals surface area contributed by atoms with Crippen molar-refractivity contribution in [2.24, 2.45) is 11.8 Å². The van der Waals surface area contributed by atoms with Crippen molar-refractivity contribution >= 4 is 0 Å². The molecule has 1 saturated carbocycles. The molecule has 0 heterocycles. The molecular formula is C11H23NO. The number of nitrogens with one attached hydrogen (secondary N) is 1. The van der Waals surface area contributed by atoms with Gasteiger partial charge in [-0.2, -0.15) is 0 Å². The normalized spacial score (nSPS) is 20.8. The second kappa shape index (κ2) is 6.39. The fourth-order valence-corrected chi connectivity index (χ4v) is 2.04. The smallest absolute Gasteiger partial charge is 0.0471 e. The Morgan fingerprint density at radius 1 is 1.38 bits per heavy atom. The molecule has 0 aromatic carbocycles. The van der Waals surface area contributed by atoms with Crippen LogP contribution in [-0.2, 0) is 0 Å². The highest BCUT2D eigenvalue weighted by molar-refractivity contribution is 4.70. The molecule has 1 fully saturated rings. The van der Waals surface area contributed by atoms with E-state index in [1.165, 1.54) is 25.7 Å². The van der Waals surface area contributed by atoms with Gasteiger partial charge in [-0.25, -0.2) is 0 Å². The molecule has 0 aromatic rings. The maximum atomic E-state index is 8.98. The van der Waals surface area contributed by atoms with Crippen LogP contribution >= 0.6 is 0 Å². The Morgan fingerprint density at radius 3 is 2.62 bits per heavy atom. The van der Waals surface area contributed by atoms with Gasteiger partial charge in [-0.05, 0) is 37.6 Å². The summed E-state index contributed by atoms with van der Waals surface area (Å²) in [6.45, 7) is 4.62. The highest BCUT2D eigenvalue weighted by Crippen LogP contribution is 2.23. The van der Waals surface area contributed by atoms with E-state index in [1.807, 2.05) is 0 Å². The molecule has 0 saturated heterocycles. The minimum absolute atomic E-state index is 0.328. The predicted molar refractivity (Wildman–Crippen MR) is 55.7 cm³/mol. The molecule has 2 N–H and O–H groups in total. The van der Waals surface area contributed by atoms with Crippen molar-refractivity contribution in [2.45, 2.75) is 39.0 Å². The summed E-state index contributed by atoms with van der Waals surface area (Å²) in [5.41, 5.74) is 0. The van der Waals surface area contributed by atoms with Gasteiger partial charge in [-0.15, -0.1) is 0 Å². The van der Waals surface area contributed by atoms with Gasteiger partial charge in [-0.3, -0.25) is 0 Å². The van der Waals surface area contributed by atoms with Crippen molar-refractivity contribution in [2.75, 3.05) is 19.7 Å². The first-order valence-corrected chi connectivity index (χ1v) is 5.68. The van der Waals surface area contributed by atoms with Crippen LogP contribution in [0.5, 0.6) is 0 Å². The minimum atomic E-state index is 0.328. The summed E-state index contributed by atoms with van der Waals surface area (Å²) >= 11 is 0. The van der Waals surface area contributed by atoms with Crippen LogP contribution in [0.4, 0.5) is 0 Å². The van der Waals surface area contributed by atoms with Crippen LogP contribution < -0.4 is 5.32 Å². The zero-order valence-electron chi connectivity index (χ0n) is 8.76. The zero-order valence-corrected chi connectivity index (χ0v) is 8.76. The maximum Gasteiger partial charge on any atom is 0.0471 e. The van der Waals surface area contributed by atoms with Crippen LogP contribution in [0.1, 0.15) is 39.0 Å². The second-order valence-electron chi connectivity index (χ2n) is 4.27. The van der Waals surface area contributed by atoms with Crippen LogP contribution in [-0.4, -0.2) is 24.8 Å². The van der Waals surface area contributed by atoms with Crippen molar-refractivity contribution < 1.29 is 5.11 Å². The van der Waals surface area contributed by atoms with Crippen LogP contribution in [0, 0.1) is 11.8 Å². The van der Waals surface area contributed by atoms with Gasteiger partial charge >= 0.3 is 0 Å². The minimum Gasteiger partial charge on any atom is -0.396 e. The Morgan fingerprint density at radius 2 is 2.08 bits per heavy atom. The first-order valence-electron chi connectivity index (χ1n) is 5.68. The Hall–Kier alpha value is -0.0800. The predicted octanol–water partition coefficient (Wildman–Crippen LogP) is 1.78. The second-order valence-corrected chi connectivity index (χ2v) is 4.27. The molecule has 0 amide bonds. The van der Waals surface area contributed by atoms with Gasteiger partial charge < -0.3 is 10.4 Å². The molecule has 1 unspecified atom stereocenters. The summed E-state index contributed by atoms with van der Waals surface area (Å²) in [6.07, 6.45) is 6.73. The highest BCUT2D eigenvalue weighted by atomic mass is 16.3. The van der Waals surface area contributed by atoms with E-state index in [0.29, 0.717) is 12.5 Å². The summed E-state index contributed by atoms with van der Waals surface area (Å²) in [6, 6.07) is 0. The van der Waals surface area contributed by atoms with Gasteiger partial charge in [0, 0.05) is 13.2 Å². The fourth-order valence-electron chi connectivity index (χ4n) is 2.04. The topological polar surface area (TPSA) is 32.3 Å². The third kappa shape index (κ3) is 4.10. The quantitative estimate of drug-likeness (QED) is 0.661. The number of hydrogen-bond donors (Lipinski definition) is 2. The van der Waals surface area contributed by atoms with E-state index >= 15 is 0 Å². The molecule has 13 heavy (non-hydrogen) atoms. The van der Waals surface area contributed by atoms with Gasteiger partial charge in [0.05, 0.1) is 0 Å². The maximum absolute atomic E-state index is 8.98. The Bertz CT molecular complexity index is 115. The summed E-state index contributed by atoms with van der Waals surface area (Å²) in [5, 5.41) is 12.4. The average Bonchev–Trinajstić information content (AvgIpc) is 2.65. The molecule has 1 rings (SSSR count). The molecule has 0 aromatic heterocycles. The first-order chi connectivity index (χ1) is 6.36. The Kier molecular flexibility index (Phi) is 5.40. The third-order valence-electron chi connectivity index (χ3n) is 3.18. The number of aliphatic hydroxyl groups is 1. The van der Waals surface area contributed by atoms with E-state index in [-0.39, 0.29) is 0 Å². The summed E-state index contributed by atoms with van der Waals surface area (Å²) < 4.78 is 0. The molecule has 1 aliphatic carbocycles. The fraction of sp³-hybridized carbons (Fsp3) is 1.00. The Labute approximate surface area is 81.7 Å². The van der Waals surface area contributed by atoms with Crippen LogP contribution in [0.3, 0.4) is 0 Å². The molecule has 1 atom stereocenters. The van der Waals surface area contributed by atoms with E-state index in [4.69, 9.17) is 5.11 Å². The van der Waals surface area contributed by atoms with E-state index in [2.05, 4.69) is 12.2 Å². The number of rotatable bonds is 6. The molecule has 0 spiro atoms. The molecule has 0 aliphatic heterocycles. The van der Waals surface area contributed by atoms with Crippen LogP contribution in [0.15, 0.2) is 0 Å². The molecule has 0 bridgehead atoms. The van der Waals surface area contributed by atoms with E-state index in [9.17, 15) is 0 Å². The third-order valence-corrected chi connectivity index (χ3v) is 3.18. The molecule has 2 heteroatoms. The van der Waals surface area contributed by atoms with E-state index < -0.39 is 0 Å². The first kappa shape index (κ1) is 11.0. The average molecular weight is 185 g/mol. The lowest BCUT2D eigenvalue weighted by molar-refractivity contribution is 0.217. The van der Waals surface area contributed by atoms with E-state index in [0.717, 1.165) is 25.4 Å². The van der Waals surface area contributed by atoms with Crippen molar-refractivity contribution in [1.82, 2.24) is 5.32 Å². The van der Waals surface area contributed by atoms with Gasteiger partial charge in [0.1, 0.15) is 0 Å².